The molecule has 9 heteroatoms. The van der Waals surface area contributed by atoms with E-state index in [4.69, 9.17) is 10.5 Å². The first kappa shape index (κ1) is 18.3. The van der Waals surface area contributed by atoms with Gasteiger partial charge in [-0.15, -0.1) is 5.10 Å². The van der Waals surface area contributed by atoms with E-state index in [0.717, 1.165) is 33.8 Å². The van der Waals surface area contributed by atoms with Gasteiger partial charge in [0.1, 0.15) is 12.4 Å². The Morgan fingerprint density at radius 3 is 2.93 bits per heavy atom. The van der Waals surface area contributed by atoms with Crippen molar-refractivity contribution in [1.82, 2.24) is 29.8 Å². The molecule has 5 rings (SSSR count). The molecule has 2 N–H and O–H groups in total. The van der Waals surface area contributed by atoms with Crippen LogP contribution < -0.4 is 10.5 Å². The summed E-state index contributed by atoms with van der Waals surface area (Å²) >= 11 is 0. The summed E-state index contributed by atoms with van der Waals surface area (Å²) in [5, 5.41) is 13.4. The lowest BCUT2D eigenvalue weighted by molar-refractivity contribution is 0.307. The van der Waals surface area contributed by atoms with E-state index < -0.39 is 0 Å². The average Bonchev–Trinajstić information content (AvgIpc) is 3.30. The van der Waals surface area contributed by atoms with Crippen molar-refractivity contribution in [3.05, 3.63) is 59.3 Å². The fraction of sp³-hybridized carbons (Fsp3) is 0.238. The highest BCUT2D eigenvalue weighted by atomic mass is 19.1. The van der Waals surface area contributed by atoms with Crippen LogP contribution in [0.5, 0.6) is 5.75 Å². The molecule has 0 radical (unpaired) electrons. The van der Waals surface area contributed by atoms with Crippen LogP contribution in [0.2, 0.25) is 0 Å². The van der Waals surface area contributed by atoms with Crippen LogP contribution in [0.3, 0.4) is 0 Å². The van der Waals surface area contributed by atoms with Crippen LogP contribution in [0.25, 0.3) is 22.5 Å². The van der Waals surface area contributed by atoms with E-state index in [9.17, 15) is 4.39 Å². The Balaban J connectivity index is 1.78. The lowest BCUT2D eigenvalue weighted by Crippen LogP contribution is -2.06. The van der Waals surface area contributed by atoms with E-state index in [1.807, 2.05) is 30.9 Å². The van der Waals surface area contributed by atoms with Crippen molar-refractivity contribution in [3.8, 4) is 28.3 Å². The van der Waals surface area contributed by atoms with Gasteiger partial charge in [0.25, 0.3) is 0 Å². The van der Waals surface area contributed by atoms with Crippen molar-refractivity contribution >= 4 is 5.82 Å². The Labute approximate surface area is 172 Å². The number of nitrogens with two attached hydrogens (primary N) is 1. The smallest absolute Gasteiger partial charge is 0.166 e. The molecule has 30 heavy (non-hydrogen) atoms. The Kier molecular flexibility index (Phi) is 4.23. The number of hydrogen-bond donors (Lipinski definition) is 1. The number of nitrogens with zero attached hydrogens (tertiary/aromatic N) is 6. The number of pyridine rings is 1. The number of halogens is 1. The quantitative estimate of drug-likeness (QED) is 0.523. The second kappa shape index (κ2) is 6.94. The van der Waals surface area contributed by atoms with Crippen molar-refractivity contribution in [3.63, 3.8) is 0 Å². The molecular formula is C21H20FN7O. The topological polar surface area (TPSA) is 96.7 Å². The first-order valence-corrected chi connectivity index (χ1v) is 9.66. The highest BCUT2D eigenvalue weighted by Gasteiger charge is 2.22. The van der Waals surface area contributed by atoms with Gasteiger partial charge in [-0.05, 0) is 31.2 Å². The minimum Gasteiger partial charge on any atom is -0.485 e. The Morgan fingerprint density at radius 2 is 2.10 bits per heavy atom. The van der Waals surface area contributed by atoms with Gasteiger partial charge in [-0.25, -0.2) is 14.1 Å². The summed E-state index contributed by atoms with van der Waals surface area (Å²) in [6.07, 6.45) is 4.17. The normalized spacial score (nSPS) is 12.8. The molecular weight excluding hydrogens is 385 g/mol. The van der Waals surface area contributed by atoms with Gasteiger partial charge in [-0.3, -0.25) is 4.68 Å². The van der Waals surface area contributed by atoms with Crippen molar-refractivity contribution in [2.75, 3.05) is 5.73 Å². The first-order valence-electron chi connectivity index (χ1n) is 9.66. The molecule has 0 fully saturated rings. The van der Waals surface area contributed by atoms with Gasteiger partial charge in [0.2, 0.25) is 0 Å². The van der Waals surface area contributed by atoms with E-state index in [1.54, 1.807) is 16.9 Å². The third kappa shape index (κ3) is 2.99. The third-order valence-electron chi connectivity index (χ3n) is 5.23. The Hall–Kier alpha value is -3.75. The minimum atomic E-state index is -0.338. The second-order valence-corrected chi connectivity index (χ2v) is 7.25. The summed E-state index contributed by atoms with van der Waals surface area (Å²) in [5.74, 6) is 0.360. The number of benzene rings is 1. The van der Waals surface area contributed by atoms with E-state index in [-0.39, 0.29) is 18.2 Å². The summed E-state index contributed by atoms with van der Waals surface area (Å²) < 4.78 is 23.6. The number of anilines is 1. The Bertz CT molecular complexity index is 1260. The fourth-order valence-electron chi connectivity index (χ4n) is 3.85. The molecule has 1 aromatic carbocycles. The summed E-state index contributed by atoms with van der Waals surface area (Å²) in [6.45, 7) is 2.80. The number of rotatable bonds is 1. The lowest BCUT2D eigenvalue weighted by Gasteiger charge is -2.15. The monoisotopic (exact) mass is 405 g/mol. The third-order valence-corrected chi connectivity index (χ3v) is 5.23. The zero-order valence-corrected chi connectivity index (χ0v) is 16.6. The molecule has 152 valence electrons. The molecule has 2 bridgehead atoms. The number of hydrogen-bond acceptors (Lipinski definition) is 6. The van der Waals surface area contributed by atoms with Crippen molar-refractivity contribution < 1.29 is 9.13 Å². The highest BCUT2D eigenvalue weighted by Crippen LogP contribution is 2.34. The van der Waals surface area contributed by atoms with Crippen LogP contribution >= 0.6 is 0 Å². The molecule has 0 saturated carbocycles. The van der Waals surface area contributed by atoms with Crippen LogP contribution in [0, 0.1) is 5.82 Å². The van der Waals surface area contributed by atoms with Gasteiger partial charge in [0.05, 0.1) is 17.1 Å². The van der Waals surface area contributed by atoms with Crippen LogP contribution in [0.4, 0.5) is 10.2 Å². The van der Waals surface area contributed by atoms with Crippen LogP contribution in [-0.4, -0.2) is 29.8 Å². The predicted octanol–water partition coefficient (Wildman–Crippen LogP) is 2.97. The average molecular weight is 405 g/mol. The van der Waals surface area contributed by atoms with Gasteiger partial charge >= 0.3 is 0 Å². The fourth-order valence-corrected chi connectivity index (χ4v) is 3.85. The zero-order chi connectivity index (χ0) is 20.8. The van der Waals surface area contributed by atoms with Crippen LogP contribution in [-0.2, 0) is 26.6 Å². The molecule has 0 aliphatic carbocycles. The zero-order valence-electron chi connectivity index (χ0n) is 16.6. The summed E-state index contributed by atoms with van der Waals surface area (Å²) in [4.78, 5) is 4.30. The van der Waals surface area contributed by atoms with E-state index in [1.165, 1.54) is 12.1 Å². The number of fused-ring (bicyclic) bond motifs is 7. The maximum absolute atomic E-state index is 14.0. The van der Waals surface area contributed by atoms with Crippen molar-refractivity contribution in [1.29, 1.82) is 0 Å². The molecule has 4 aromatic rings. The van der Waals surface area contributed by atoms with Crippen LogP contribution in [0.15, 0.2) is 36.7 Å². The molecule has 0 amide bonds. The molecule has 1 aliphatic rings. The molecule has 0 spiro atoms. The van der Waals surface area contributed by atoms with E-state index in [2.05, 4.69) is 20.4 Å². The number of aryl methyl sites for hydroxylation is 2. The maximum atomic E-state index is 14.0. The molecule has 3 aromatic heterocycles. The largest absolute Gasteiger partial charge is 0.485 e. The van der Waals surface area contributed by atoms with Gasteiger partial charge in [0, 0.05) is 54.7 Å². The van der Waals surface area contributed by atoms with Crippen molar-refractivity contribution in [2.45, 2.75) is 26.5 Å². The lowest BCUT2D eigenvalue weighted by atomic mass is 9.98. The molecule has 0 saturated heterocycles. The standard InChI is InChI=1S/C21H20FN7O/c1-3-29-20-12-8-18(21(23)24-9-12)30-11-14-6-15(22)4-5-16(14)19-13(10-28(2)26-19)7-17(20)25-27-29/h4-6,8-10H,3,7,11H2,1-2H3,(H2,23,24). The predicted molar refractivity (Wildman–Crippen MR) is 109 cm³/mol. The van der Waals surface area contributed by atoms with Crippen molar-refractivity contribution in [2.24, 2.45) is 7.05 Å². The number of nitrogen functional groups attached to an aromatic ring is 1. The molecule has 8 nitrogen and oxygen atoms in total. The molecule has 0 unspecified atom stereocenters. The molecule has 4 heterocycles. The van der Waals surface area contributed by atoms with E-state index in [0.29, 0.717) is 24.3 Å². The highest BCUT2D eigenvalue weighted by molar-refractivity contribution is 5.70. The maximum Gasteiger partial charge on any atom is 0.166 e. The SMILES string of the molecule is CCn1nnc2c1-c1cnc(N)c(c1)OCc1cc(F)ccc1-c1nn(C)cc1C2. The Morgan fingerprint density at radius 1 is 1.23 bits per heavy atom. The number of aromatic nitrogens is 6. The first-order chi connectivity index (χ1) is 14.5. The van der Waals surface area contributed by atoms with Gasteiger partial charge in [-0.2, -0.15) is 5.10 Å². The molecule has 0 atom stereocenters. The number of ether oxygens (including phenoxy) is 1. The second-order valence-electron chi connectivity index (χ2n) is 7.25. The van der Waals surface area contributed by atoms with Gasteiger partial charge in [0.15, 0.2) is 11.6 Å². The van der Waals surface area contributed by atoms with Gasteiger partial charge < -0.3 is 10.5 Å². The summed E-state index contributed by atoms with van der Waals surface area (Å²) in [6, 6.07) is 6.46. The summed E-state index contributed by atoms with van der Waals surface area (Å²) in [7, 11) is 1.86. The van der Waals surface area contributed by atoms with E-state index >= 15 is 0 Å². The van der Waals surface area contributed by atoms with Gasteiger partial charge in [-0.1, -0.05) is 5.21 Å². The minimum absolute atomic E-state index is 0.136. The summed E-state index contributed by atoms with van der Waals surface area (Å²) in [5.41, 5.74) is 11.7. The van der Waals surface area contributed by atoms with Crippen LogP contribution in [0.1, 0.15) is 23.7 Å². The molecule has 1 aliphatic heterocycles.